The number of aryl methyl sites for hydroxylation is 1. The van der Waals surface area contributed by atoms with Gasteiger partial charge in [0.05, 0.1) is 17.8 Å². The van der Waals surface area contributed by atoms with Gasteiger partial charge >= 0.3 is 0 Å². The lowest BCUT2D eigenvalue weighted by atomic mass is 9.91. The van der Waals surface area contributed by atoms with E-state index in [2.05, 4.69) is 20.4 Å². The summed E-state index contributed by atoms with van der Waals surface area (Å²) in [6.45, 7) is 11.1. The molecule has 1 aromatic carbocycles. The van der Waals surface area contributed by atoms with Crippen LogP contribution in [0.1, 0.15) is 75.4 Å². The highest BCUT2D eigenvalue weighted by Gasteiger charge is 2.40. The Bertz CT molecular complexity index is 1360. The van der Waals surface area contributed by atoms with Crippen molar-refractivity contribution in [3.63, 3.8) is 0 Å². The van der Waals surface area contributed by atoms with Crippen molar-refractivity contribution < 1.29 is 28.4 Å². The highest BCUT2D eigenvalue weighted by molar-refractivity contribution is 5.91. The summed E-state index contributed by atoms with van der Waals surface area (Å²) in [7, 11) is 0. The van der Waals surface area contributed by atoms with Gasteiger partial charge in [-0.15, -0.1) is 0 Å². The molecular weight excluding hydrogens is 550 g/mol. The minimum absolute atomic E-state index is 0.0668. The fraction of sp³-hybridized carbons (Fsp3) is 0.562. The summed E-state index contributed by atoms with van der Waals surface area (Å²) >= 11 is 0. The molecular formula is C32H43N5O6. The number of carbonyl (C=O) groups is 2. The number of likely N-dealkylation sites (tertiary alicyclic amines) is 2. The zero-order valence-corrected chi connectivity index (χ0v) is 25.5. The van der Waals surface area contributed by atoms with Crippen LogP contribution < -0.4 is 10.1 Å². The number of oxazole rings is 1. The number of ether oxygens (including phenoxy) is 1. The second-order valence-corrected chi connectivity index (χ2v) is 12.0. The summed E-state index contributed by atoms with van der Waals surface area (Å²) in [5.41, 5.74) is 2.70. The Morgan fingerprint density at radius 3 is 2.53 bits per heavy atom. The zero-order chi connectivity index (χ0) is 30.5. The molecule has 4 heterocycles. The average molecular weight is 594 g/mol. The van der Waals surface area contributed by atoms with Gasteiger partial charge in [0.25, 0.3) is 5.88 Å². The van der Waals surface area contributed by atoms with E-state index in [1.54, 1.807) is 11.0 Å². The molecule has 0 saturated carbocycles. The fourth-order valence-corrected chi connectivity index (χ4v) is 6.02. The second kappa shape index (κ2) is 13.7. The van der Waals surface area contributed by atoms with E-state index in [0.717, 1.165) is 61.5 Å². The quantitative estimate of drug-likeness (QED) is 0.337. The molecule has 0 bridgehead atoms. The third-order valence-corrected chi connectivity index (χ3v) is 8.58. The zero-order valence-electron chi connectivity index (χ0n) is 25.5. The van der Waals surface area contributed by atoms with E-state index in [9.17, 15) is 14.7 Å². The summed E-state index contributed by atoms with van der Waals surface area (Å²) in [5, 5.41) is 16.9. The summed E-state index contributed by atoms with van der Waals surface area (Å²) in [4.78, 5) is 35.4. The monoisotopic (exact) mass is 593 g/mol. The van der Waals surface area contributed by atoms with E-state index >= 15 is 0 Å². The standard InChI is InChI=1S/C32H43N5O6/c1-20(2)29(27-18-28(35-43-27)41-17-16-36-14-11-25(38)12-15-36)32(40)37-13-5-6-26(37)31(39)34-21(3)23-7-9-24(10-8-23)30-22(4)33-19-42-30/h7-10,18-21,25-26,29,38H,5-6,11-17H2,1-4H3,(H,34,39)/t21-,26-,29-/m0/s1. The van der Waals surface area contributed by atoms with Gasteiger partial charge < -0.3 is 29.0 Å². The van der Waals surface area contributed by atoms with Crippen molar-refractivity contribution in [3.05, 3.63) is 53.7 Å². The molecule has 5 rings (SSSR count). The van der Waals surface area contributed by atoms with Crippen LogP contribution in [0.3, 0.4) is 0 Å². The summed E-state index contributed by atoms with van der Waals surface area (Å²) in [6.07, 6.45) is 4.14. The maximum atomic E-state index is 13.9. The van der Waals surface area contributed by atoms with Gasteiger partial charge in [0.2, 0.25) is 11.8 Å². The van der Waals surface area contributed by atoms with Crippen LogP contribution in [0.25, 0.3) is 11.3 Å². The molecule has 2 fully saturated rings. The topological polar surface area (TPSA) is 134 Å². The SMILES string of the molecule is Cc1ncoc1-c1ccc([C@H](C)NC(=O)[C@@H]2CCCN2C(=O)[C@H](c2cc(OCCN3CCC(O)CC3)no2)C(C)C)cc1. The third kappa shape index (κ3) is 7.27. The molecule has 0 aliphatic carbocycles. The van der Waals surface area contributed by atoms with Crippen LogP contribution in [0.4, 0.5) is 0 Å². The predicted octanol–water partition coefficient (Wildman–Crippen LogP) is 4.08. The van der Waals surface area contributed by atoms with Crippen molar-refractivity contribution in [3.8, 4) is 17.2 Å². The Morgan fingerprint density at radius 1 is 1.12 bits per heavy atom. The number of amides is 2. The predicted molar refractivity (Wildman–Crippen MR) is 159 cm³/mol. The van der Waals surface area contributed by atoms with Crippen molar-refractivity contribution in [1.82, 2.24) is 25.3 Å². The van der Waals surface area contributed by atoms with Gasteiger partial charge in [-0.2, -0.15) is 0 Å². The van der Waals surface area contributed by atoms with Gasteiger partial charge in [-0.25, -0.2) is 4.98 Å². The minimum atomic E-state index is -0.577. The lowest BCUT2D eigenvalue weighted by Crippen LogP contribution is -2.48. The van der Waals surface area contributed by atoms with Crippen molar-refractivity contribution >= 4 is 11.8 Å². The molecule has 0 spiro atoms. The molecule has 3 atom stereocenters. The number of rotatable bonds is 11. The van der Waals surface area contributed by atoms with E-state index in [4.69, 9.17) is 13.7 Å². The van der Waals surface area contributed by atoms with E-state index in [0.29, 0.717) is 31.2 Å². The molecule has 0 radical (unpaired) electrons. The Morgan fingerprint density at radius 2 is 1.86 bits per heavy atom. The van der Waals surface area contributed by atoms with E-state index in [1.165, 1.54) is 6.39 Å². The van der Waals surface area contributed by atoms with Crippen molar-refractivity contribution in [2.45, 2.75) is 77.5 Å². The number of hydrogen-bond acceptors (Lipinski definition) is 9. The maximum Gasteiger partial charge on any atom is 0.254 e. The van der Waals surface area contributed by atoms with Crippen molar-refractivity contribution in [2.24, 2.45) is 5.92 Å². The highest BCUT2D eigenvalue weighted by atomic mass is 16.5. The van der Waals surface area contributed by atoms with Crippen LogP contribution >= 0.6 is 0 Å². The Balaban J connectivity index is 1.18. The molecule has 43 heavy (non-hydrogen) atoms. The molecule has 2 aliphatic heterocycles. The largest absolute Gasteiger partial charge is 0.474 e. The highest BCUT2D eigenvalue weighted by Crippen LogP contribution is 2.32. The summed E-state index contributed by atoms with van der Waals surface area (Å²) in [6, 6.07) is 8.76. The first kappa shape index (κ1) is 30.7. The third-order valence-electron chi connectivity index (χ3n) is 8.58. The van der Waals surface area contributed by atoms with Crippen LogP contribution in [-0.2, 0) is 9.59 Å². The molecule has 2 saturated heterocycles. The van der Waals surface area contributed by atoms with Crippen LogP contribution in [0.5, 0.6) is 5.88 Å². The molecule has 2 N–H and O–H groups in total. The van der Waals surface area contributed by atoms with Crippen LogP contribution in [-0.4, -0.2) is 81.8 Å². The molecule has 2 aromatic heterocycles. The minimum Gasteiger partial charge on any atom is -0.474 e. The molecule has 3 aromatic rings. The van der Waals surface area contributed by atoms with Gasteiger partial charge in [-0.05, 0) is 56.2 Å². The van der Waals surface area contributed by atoms with Gasteiger partial charge in [0.15, 0.2) is 17.9 Å². The normalized spacial score (nSPS) is 19.5. The summed E-state index contributed by atoms with van der Waals surface area (Å²) < 4.78 is 16.9. The van der Waals surface area contributed by atoms with Gasteiger partial charge in [0, 0.05) is 37.8 Å². The molecule has 0 unspecified atom stereocenters. The van der Waals surface area contributed by atoms with Crippen LogP contribution in [0.2, 0.25) is 0 Å². The van der Waals surface area contributed by atoms with Gasteiger partial charge in [-0.1, -0.05) is 38.1 Å². The Hall–Kier alpha value is -3.70. The molecule has 2 aliphatic rings. The molecule has 2 amide bonds. The number of piperidine rings is 1. The molecule has 11 nitrogen and oxygen atoms in total. The number of carbonyl (C=O) groups excluding carboxylic acids is 2. The number of hydrogen-bond donors (Lipinski definition) is 2. The second-order valence-electron chi connectivity index (χ2n) is 12.0. The fourth-order valence-electron chi connectivity index (χ4n) is 6.02. The first-order valence-corrected chi connectivity index (χ1v) is 15.3. The number of aliphatic hydroxyl groups is 1. The van der Waals surface area contributed by atoms with Crippen LogP contribution in [0, 0.1) is 12.8 Å². The lowest BCUT2D eigenvalue weighted by molar-refractivity contribution is -0.141. The van der Waals surface area contributed by atoms with Gasteiger partial charge in [-0.3, -0.25) is 14.5 Å². The van der Waals surface area contributed by atoms with Gasteiger partial charge in [0.1, 0.15) is 18.6 Å². The first-order chi connectivity index (χ1) is 20.7. The summed E-state index contributed by atoms with van der Waals surface area (Å²) in [5.74, 6) is 0.572. The number of nitrogens with one attached hydrogen (secondary N) is 1. The van der Waals surface area contributed by atoms with Crippen molar-refractivity contribution in [2.75, 3.05) is 32.8 Å². The Kier molecular flexibility index (Phi) is 9.82. The van der Waals surface area contributed by atoms with Crippen LogP contribution in [0.15, 0.2) is 45.7 Å². The number of nitrogens with zero attached hydrogens (tertiary/aromatic N) is 4. The molecule has 232 valence electrons. The average Bonchev–Trinajstić information content (AvgIpc) is 3.76. The number of aliphatic hydroxyl groups excluding tert-OH is 1. The smallest absolute Gasteiger partial charge is 0.254 e. The van der Waals surface area contributed by atoms with Crippen molar-refractivity contribution in [1.29, 1.82) is 0 Å². The Labute approximate surface area is 252 Å². The maximum absolute atomic E-state index is 13.9. The molecule has 11 heteroatoms. The number of benzene rings is 1. The van der Waals surface area contributed by atoms with E-state index in [-0.39, 0.29) is 29.9 Å². The number of aromatic nitrogens is 2. The van der Waals surface area contributed by atoms with E-state index in [1.807, 2.05) is 52.0 Å². The van der Waals surface area contributed by atoms with E-state index < -0.39 is 12.0 Å². The first-order valence-electron chi connectivity index (χ1n) is 15.3. The lowest BCUT2D eigenvalue weighted by Gasteiger charge is -2.29.